The van der Waals surface area contributed by atoms with Crippen molar-refractivity contribution in [3.8, 4) is 33.3 Å². The number of aromatic nitrogens is 4. The minimum atomic E-state index is -1.07. The number of hydrogen-bond donors (Lipinski definition) is 6. The molecule has 1 aliphatic heterocycles. The molecule has 0 saturated carbocycles. The Balaban J connectivity index is 0.929. The van der Waals surface area contributed by atoms with Gasteiger partial charge in [0.05, 0.1) is 71.7 Å². The number of H-pyrrole nitrogens is 1. The van der Waals surface area contributed by atoms with Crippen molar-refractivity contribution in [2.75, 3.05) is 38.8 Å². The number of β-amino-alcohol motifs (C(OH)–C–C–N with tert-alkyl or cyclic N) is 1. The summed E-state index contributed by atoms with van der Waals surface area (Å²) in [5.41, 5.74) is 6.09. The summed E-state index contributed by atoms with van der Waals surface area (Å²) in [6.07, 6.45) is 0.568. The van der Waals surface area contributed by atoms with Gasteiger partial charge < -0.3 is 40.0 Å². The van der Waals surface area contributed by atoms with E-state index >= 15 is 0 Å². The lowest BCUT2D eigenvalue weighted by molar-refractivity contribution is -0.143. The molecule has 2 aromatic carbocycles. The van der Waals surface area contributed by atoms with Gasteiger partial charge in [-0.1, -0.05) is 51.1 Å². The normalized spacial score (nSPS) is 16.7. The summed E-state index contributed by atoms with van der Waals surface area (Å²) in [4.78, 5) is 52.0. The van der Waals surface area contributed by atoms with Gasteiger partial charge in [-0.3, -0.25) is 24.8 Å². The van der Waals surface area contributed by atoms with Gasteiger partial charge in [0.15, 0.2) is 0 Å². The van der Waals surface area contributed by atoms with E-state index in [9.17, 15) is 24.6 Å². The highest BCUT2D eigenvalue weighted by atomic mass is 32.1. The molecule has 5 atom stereocenters. The number of ether oxygens (including phenoxy) is 3. The zero-order valence-electron chi connectivity index (χ0n) is 35.9. The van der Waals surface area contributed by atoms with Crippen LogP contribution < -0.4 is 25.4 Å². The Labute approximate surface area is 365 Å². The molecule has 0 bridgehead atoms. The number of aryl methyl sites for hydroxylation is 1. The van der Waals surface area contributed by atoms with E-state index in [-0.39, 0.29) is 49.5 Å². The van der Waals surface area contributed by atoms with Crippen LogP contribution in [0.4, 0.5) is 5.69 Å². The minimum absolute atomic E-state index is 0.0116. The van der Waals surface area contributed by atoms with Gasteiger partial charge >= 0.3 is 0 Å². The van der Waals surface area contributed by atoms with Crippen molar-refractivity contribution in [3.05, 3.63) is 95.4 Å². The maximum absolute atomic E-state index is 14.1. The summed E-state index contributed by atoms with van der Waals surface area (Å²) in [6.45, 7) is 10.4. The second kappa shape index (κ2) is 20.9. The number of aliphatic hydroxyl groups is 2. The molecule has 1 aliphatic rings. The molecule has 17 heteroatoms. The quantitative estimate of drug-likeness (QED) is 0.0449. The van der Waals surface area contributed by atoms with Crippen LogP contribution in [0.2, 0.25) is 0 Å². The van der Waals surface area contributed by atoms with E-state index in [1.54, 1.807) is 60.0 Å². The lowest BCUT2D eigenvalue weighted by atomic mass is 9.85. The van der Waals surface area contributed by atoms with Gasteiger partial charge in [-0.05, 0) is 60.7 Å². The molecule has 330 valence electrons. The van der Waals surface area contributed by atoms with Gasteiger partial charge in [0, 0.05) is 44.7 Å². The Morgan fingerprint density at radius 3 is 2.53 bits per heavy atom. The summed E-state index contributed by atoms with van der Waals surface area (Å²) in [6, 6.07) is 17.9. The molecular formula is C45H56N8O8S. The number of thiazole rings is 1. The van der Waals surface area contributed by atoms with Gasteiger partial charge in [0.1, 0.15) is 29.5 Å². The molecule has 62 heavy (non-hydrogen) atoms. The van der Waals surface area contributed by atoms with Gasteiger partial charge in [0.2, 0.25) is 11.8 Å². The number of nitrogens with one attached hydrogen (secondary N) is 4. The fourth-order valence-corrected chi connectivity index (χ4v) is 7.95. The number of pyridine rings is 1. The maximum atomic E-state index is 14.1. The molecule has 0 aliphatic carbocycles. The molecule has 1 unspecified atom stereocenters. The first-order chi connectivity index (χ1) is 29.7. The van der Waals surface area contributed by atoms with Crippen molar-refractivity contribution in [3.63, 3.8) is 0 Å². The largest absolute Gasteiger partial charge is 0.494 e. The van der Waals surface area contributed by atoms with Crippen molar-refractivity contribution >= 4 is 34.7 Å². The minimum Gasteiger partial charge on any atom is -0.494 e. The van der Waals surface area contributed by atoms with Gasteiger partial charge in [-0.15, -0.1) is 11.3 Å². The number of amides is 3. The SMILES string of the molecule is COc1cc(OCCCOCCC(O)N[C@H](C(=O)N2C[C@H](O)C[C@H]2C(=O)N[C@@H](C)c2ccc(-c3scnc3C)cc2)C(C)(C)C)ccc1NC(=O)c1cccc(-c2ccn[nH]2)n1. The number of carbonyl (C=O) groups is 3. The molecule has 0 radical (unpaired) electrons. The first-order valence-corrected chi connectivity index (χ1v) is 21.5. The summed E-state index contributed by atoms with van der Waals surface area (Å²) in [5.74, 6) is -0.159. The standard InChI is InChI=1S/C45H56N8O8S/c1-27(29-11-13-30(14-12-29)40-28(2)46-26-62-40)48-43(57)37-23-31(54)25-53(37)44(58)41(45(3,4)5)51-39(55)18-22-60-20-8-21-61-32-15-16-35(38(24-32)59-6)50-42(56)36-10-7-9-33(49-36)34-17-19-47-52-34/h7,9-17,19,24,26-27,31,37,39,41,51,54-55H,8,18,20-23,25H2,1-6H3,(H,47,52)(H,48,57)(H,50,56)/t27-,31+,37-,39?,41+/m0/s1. The van der Waals surface area contributed by atoms with Crippen molar-refractivity contribution in [2.24, 2.45) is 5.41 Å². The number of aliphatic hydroxyl groups excluding tert-OH is 2. The first-order valence-electron chi connectivity index (χ1n) is 20.6. The molecule has 5 aromatic rings. The lowest BCUT2D eigenvalue weighted by Gasteiger charge is -2.37. The van der Waals surface area contributed by atoms with Crippen LogP contribution in [0.5, 0.6) is 11.5 Å². The fraction of sp³-hybridized carbons (Fsp3) is 0.422. The summed E-state index contributed by atoms with van der Waals surface area (Å²) in [5, 5.41) is 37.3. The third-order valence-corrected chi connectivity index (χ3v) is 11.5. The summed E-state index contributed by atoms with van der Waals surface area (Å²) in [7, 11) is 1.50. The van der Waals surface area contributed by atoms with Gasteiger partial charge in [-0.25, -0.2) is 9.97 Å². The molecule has 6 N–H and O–H groups in total. The van der Waals surface area contributed by atoms with Crippen LogP contribution in [0.25, 0.3) is 21.8 Å². The Bertz CT molecular complexity index is 2260. The lowest BCUT2D eigenvalue weighted by Crippen LogP contribution is -2.58. The molecule has 3 amide bonds. The predicted octanol–water partition coefficient (Wildman–Crippen LogP) is 5.50. The average molecular weight is 869 g/mol. The van der Waals surface area contributed by atoms with E-state index in [1.165, 1.54) is 12.0 Å². The van der Waals surface area contributed by atoms with Crippen molar-refractivity contribution in [1.82, 2.24) is 35.7 Å². The highest BCUT2D eigenvalue weighted by Gasteiger charge is 2.44. The number of hydrogen-bond acceptors (Lipinski definition) is 13. The predicted molar refractivity (Wildman–Crippen MR) is 236 cm³/mol. The number of carbonyl (C=O) groups excluding carboxylic acids is 3. The van der Waals surface area contributed by atoms with Crippen molar-refractivity contribution in [1.29, 1.82) is 0 Å². The van der Waals surface area contributed by atoms with Crippen LogP contribution in [-0.2, 0) is 14.3 Å². The number of anilines is 1. The van der Waals surface area contributed by atoms with Crippen molar-refractivity contribution in [2.45, 2.75) is 84.3 Å². The number of benzene rings is 2. The molecule has 0 spiro atoms. The van der Waals surface area contributed by atoms with Crippen LogP contribution in [0.1, 0.15) is 74.7 Å². The van der Waals surface area contributed by atoms with E-state index in [0.29, 0.717) is 48.2 Å². The molecule has 1 fully saturated rings. The molecule has 6 rings (SSSR count). The van der Waals surface area contributed by atoms with Gasteiger partial charge in [0.25, 0.3) is 5.91 Å². The molecular weight excluding hydrogens is 813 g/mol. The van der Waals surface area contributed by atoms with Gasteiger partial charge in [-0.2, -0.15) is 5.10 Å². The topological polar surface area (TPSA) is 213 Å². The van der Waals surface area contributed by atoms with Crippen molar-refractivity contribution < 1.29 is 38.8 Å². The summed E-state index contributed by atoms with van der Waals surface area (Å²) < 4.78 is 17.2. The number of likely N-dealkylation sites (tertiary alicyclic amines) is 1. The third-order valence-electron chi connectivity index (χ3n) is 10.5. The molecule has 4 heterocycles. The van der Waals surface area contributed by atoms with E-state index < -0.39 is 35.7 Å². The third kappa shape index (κ3) is 11.8. The van der Waals surface area contributed by atoms with E-state index in [1.807, 2.05) is 64.4 Å². The average Bonchev–Trinajstić information content (AvgIpc) is 4.04. The monoisotopic (exact) mass is 868 g/mol. The zero-order valence-corrected chi connectivity index (χ0v) is 36.7. The molecule has 16 nitrogen and oxygen atoms in total. The molecule has 3 aromatic heterocycles. The summed E-state index contributed by atoms with van der Waals surface area (Å²) >= 11 is 1.58. The van der Waals surface area contributed by atoms with E-state index in [4.69, 9.17) is 14.2 Å². The first kappa shape index (κ1) is 45.8. The Morgan fingerprint density at radius 1 is 1.05 bits per heavy atom. The van der Waals surface area contributed by atoms with Crippen LogP contribution >= 0.6 is 11.3 Å². The number of aromatic amines is 1. The Morgan fingerprint density at radius 2 is 1.84 bits per heavy atom. The maximum Gasteiger partial charge on any atom is 0.274 e. The Kier molecular flexibility index (Phi) is 15.4. The van der Waals surface area contributed by atoms with Crippen LogP contribution in [0.15, 0.2) is 78.4 Å². The smallest absolute Gasteiger partial charge is 0.274 e. The second-order valence-corrected chi connectivity index (χ2v) is 17.1. The molecule has 1 saturated heterocycles. The second-order valence-electron chi connectivity index (χ2n) is 16.3. The fourth-order valence-electron chi connectivity index (χ4n) is 7.14. The highest BCUT2D eigenvalue weighted by Crippen LogP contribution is 2.31. The number of nitrogens with zero attached hydrogens (tertiary/aromatic N) is 4. The number of rotatable bonds is 19. The van der Waals surface area contributed by atoms with E-state index in [0.717, 1.165) is 21.7 Å². The van der Waals surface area contributed by atoms with Crippen LogP contribution in [0, 0.1) is 12.3 Å². The number of methoxy groups -OCH3 is 1. The van der Waals surface area contributed by atoms with Crippen LogP contribution in [-0.4, -0.2) is 111 Å². The van der Waals surface area contributed by atoms with E-state index in [2.05, 4.69) is 36.1 Å². The van der Waals surface area contributed by atoms with Crippen LogP contribution in [0.3, 0.4) is 0 Å². The zero-order chi connectivity index (χ0) is 44.4. The Hall–Kier alpha value is -5.72. The highest BCUT2D eigenvalue weighted by molar-refractivity contribution is 7.13.